The maximum absolute atomic E-state index is 12.5. The van der Waals surface area contributed by atoms with E-state index < -0.39 is 5.60 Å². The quantitative estimate of drug-likeness (QED) is 0.888. The maximum atomic E-state index is 12.5. The van der Waals surface area contributed by atoms with Gasteiger partial charge in [-0.25, -0.2) is 0 Å². The molecule has 1 aromatic heterocycles. The van der Waals surface area contributed by atoms with E-state index >= 15 is 0 Å². The molecule has 0 saturated heterocycles. The molecular weight excluding hydrogens is 280 g/mol. The van der Waals surface area contributed by atoms with Crippen LogP contribution in [0.4, 0.5) is 5.69 Å². The van der Waals surface area contributed by atoms with E-state index in [4.69, 9.17) is 9.47 Å². The Labute approximate surface area is 130 Å². The van der Waals surface area contributed by atoms with E-state index in [0.29, 0.717) is 24.5 Å². The zero-order valence-electron chi connectivity index (χ0n) is 13.5. The molecule has 1 heterocycles. The summed E-state index contributed by atoms with van der Waals surface area (Å²) < 4.78 is 10.9. The van der Waals surface area contributed by atoms with E-state index in [-0.39, 0.29) is 5.91 Å². The number of hydrogen-bond donors (Lipinski definition) is 1. The molecule has 0 spiro atoms. The Balaban J connectivity index is 2.41. The van der Waals surface area contributed by atoms with Gasteiger partial charge >= 0.3 is 0 Å². The first kappa shape index (κ1) is 16.2. The van der Waals surface area contributed by atoms with Crippen molar-refractivity contribution in [3.8, 4) is 5.75 Å². The first-order valence-electron chi connectivity index (χ1n) is 7.42. The molecule has 1 atom stereocenters. The van der Waals surface area contributed by atoms with Gasteiger partial charge in [-0.1, -0.05) is 6.92 Å². The molecule has 5 nitrogen and oxygen atoms in total. The third-order valence-corrected chi connectivity index (χ3v) is 3.89. The van der Waals surface area contributed by atoms with Gasteiger partial charge in [0.05, 0.1) is 12.3 Å². The predicted molar refractivity (Wildman–Crippen MR) is 87.2 cm³/mol. The van der Waals surface area contributed by atoms with E-state index in [9.17, 15) is 4.79 Å². The SMILES string of the molecule is CCOc1ccc(NC(=O)C(C)(CC)OC)c2cccnc12. The number of hydrogen-bond acceptors (Lipinski definition) is 4. The molecule has 0 radical (unpaired) electrons. The van der Waals surface area contributed by atoms with E-state index in [2.05, 4.69) is 10.3 Å². The average molecular weight is 302 g/mol. The number of amides is 1. The molecule has 1 amide bonds. The van der Waals surface area contributed by atoms with Crippen LogP contribution >= 0.6 is 0 Å². The van der Waals surface area contributed by atoms with Crippen LogP contribution in [-0.4, -0.2) is 30.2 Å². The molecule has 0 saturated carbocycles. The summed E-state index contributed by atoms with van der Waals surface area (Å²) in [5, 5.41) is 3.78. The summed E-state index contributed by atoms with van der Waals surface area (Å²) in [5.74, 6) is 0.535. The highest BCUT2D eigenvalue weighted by Crippen LogP contribution is 2.30. The monoisotopic (exact) mass is 302 g/mol. The highest BCUT2D eigenvalue weighted by Gasteiger charge is 2.31. The Morgan fingerprint density at radius 3 is 2.73 bits per heavy atom. The van der Waals surface area contributed by atoms with Crippen LogP contribution in [0.1, 0.15) is 27.2 Å². The largest absolute Gasteiger partial charge is 0.492 e. The Bertz CT molecular complexity index is 666. The van der Waals surface area contributed by atoms with Crippen molar-refractivity contribution in [3.05, 3.63) is 30.5 Å². The number of nitrogens with zero attached hydrogens (tertiary/aromatic N) is 1. The van der Waals surface area contributed by atoms with Gasteiger partial charge in [0.15, 0.2) is 0 Å². The van der Waals surface area contributed by atoms with Crippen molar-refractivity contribution in [2.75, 3.05) is 19.0 Å². The van der Waals surface area contributed by atoms with Crippen LogP contribution in [0.5, 0.6) is 5.75 Å². The van der Waals surface area contributed by atoms with Crippen LogP contribution < -0.4 is 10.1 Å². The summed E-state index contributed by atoms with van der Waals surface area (Å²) in [7, 11) is 1.54. The minimum Gasteiger partial charge on any atom is -0.492 e. The van der Waals surface area contributed by atoms with Crippen molar-refractivity contribution < 1.29 is 14.3 Å². The number of methoxy groups -OCH3 is 1. The molecule has 118 valence electrons. The van der Waals surface area contributed by atoms with Crippen molar-refractivity contribution in [2.45, 2.75) is 32.8 Å². The highest BCUT2D eigenvalue weighted by atomic mass is 16.5. The lowest BCUT2D eigenvalue weighted by atomic mass is 10.0. The van der Waals surface area contributed by atoms with Gasteiger partial charge in [-0.3, -0.25) is 9.78 Å². The van der Waals surface area contributed by atoms with Crippen LogP contribution in [0, 0.1) is 0 Å². The second kappa shape index (κ2) is 6.75. The zero-order valence-corrected chi connectivity index (χ0v) is 13.5. The summed E-state index contributed by atoms with van der Waals surface area (Å²) in [6.45, 7) is 6.18. The van der Waals surface area contributed by atoms with E-state index in [1.165, 1.54) is 0 Å². The summed E-state index contributed by atoms with van der Waals surface area (Å²) in [5.41, 5.74) is 0.582. The van der Waals surface area contributed by atoms with E-state index in [0.717, 1.165) is 10.9 Å². The van der Waals surface area contributed by atoms with Gasteiger partial charge in [0, 0.05) is 18.7 Å². The Kier molecular flexibility index (Phi) is 4.98. The molecule has 22 heavy (non-hydrogen) atoms. The van der Waals surface area contributed by atoms with E-state index in [1.807, 2.05) is 38.1 Å². The van der Waals surface area contributed by atoms with Gasteiger partial charge in [0.1, 0.15) is 16.9 Å². The fourth-order valence-electron chi connectivity index (χ4n) is 2.18. The first-order valence-corrected chi connectivity index (χ1v) is 7.42. The summed E-state index contributed by atoms with van der Waals surface area (Å²) in [4.78, 5) is 16.8. The summed E-state index contributed by atoms with van der Waals surface area (Å²) in [6.07, 6.45) is 2.30. The lowest BCUT2D eigenvalue weighted by Gasteiger charge is -2.25. The molecule has 2 aromatic rings. The van der Waals surface area contributed by atoms with Gasteiger partial charge in [-0.05, 0) is 44.5 Å². The van der Waals surface area contributed by atoms with Crippen molar-refractivity contribution in [2.24, 2.45) is 0 Å². The molecule has 0 aliphatic carbocycles. The summed E-state index contributed by atoms with van der Waals surface area (Å²) >= 11 is 0. The number of pyridine rings is 1. The minimum atomic E-state index is -0.854. The topological polar surface area (TPSA) is 60.5 Å². The average Bonchev–Trinajstić information content (AvgIpc) is 2.56. The van der Waals surface area contributed by atoms with Gasteiger partial charge in [-0.15, -0.1) is 0 Å². The van der Waals surface area contributed by atoms with Gasteiger partial charge in [0.2, 0.25) is 0 Å². The predicted octanol–water partition coefficient (Wildman–Crippen LogP) is 3.39. The Morgan fingerprint density at radius 1 is 1.32 bits per heavy atom. The minimum absolute atomic E-state index is 0.174. The van der Waals surface area contributed by atoms with Crippen LogP contribution in [0.15, 0.2) is 30.5 Å². The molecule has 0 aliphatic heterocycles. The normalized spacial score (nSPS) is 13.6. The zero-order chi connectivity index (χ0) is 16.2. The van der Waals surface area contributed by atoms with Crippen molar-refractivity contribution in [3.63, 3.8) is 0 Å². The summed E-state index contributed by atoms with van der Waals surface area (Å²) in [6, 6.07) is 7.41. The number of carbonyl (C=O) groups excluding carboxylic acids is 1. The fourth-order valence-corrected chi connectivity index (χ4v) is 2.18. The maximum Gasteiger partial charge on any atom is 0.256 e. The standard InChI is InChI=1S/C17H22N2O3/c1-5-17(3,21-4)16(20)19-13-9-10-14(22-6-2)15-12(13)8-7-11-18-15/h7-11H,5-6H2,1-4H3,(H,19,20). The third-order valence-electron chi connectivity index (χ3n) is 3.89. The van der Waals surface area contributed by atoms with Crippen molar-refractivity contribution in [1.82, 2.24) is 4.98 Å². The van der Waals surface area contributed by atoms with Crippen molar-refractivity contribution in [1.29, 1.82) is 0 Å². The first-order chi connectivity index (χ1) is 10.6. The molecule has 2 rings (SSSR count). The number of rotatable bonds is 6. The van der Waals surface area contributed by atoms with Crippen molar-refractivity contribution >= 4 is 22.5 Å². The van der Waals surface area contributed by atoms with Gasteiger partial charge < -0.3 is 14.8 Å². The number of fused-ring (bicyclic) bond motifs is 1. The lowest BCUT2D eigenvalue weighted by molar-refractivity contribution is -0.136. The van der Waals surface area contributed by atoms with Crippen LogP contribution in [0.3, 0.4) is 0 Å². The lowest BCUT2D eigenvalue weighted by Crippen LogP contribution is -2.41. The molecule has 1 N–H and O–H groups in total. The third kappa shape index (κ3) is 3.04. The molecule has 0 bridgehead atoms. The Morgan fingerprint density at radius 2 is 2.09 bits per heavy atom. The number of anilines is 1. The van der Waals surface area contributed by atoms with Crippen LogP contribution in [0.25, 0.3) is 10.9 Å². The second-order valence-electron chi connectivity index (χ2n) is 5.19. The fraction of sp³-hybridized carbons (Fsp3) is 0.412. The second-order valence-corrected chi connectivity index (χ2v) is 5.19. The van der Waals surface area contributed by atoms with E-state index in [1.54, 1.807) is 20.2 Å². The molecule has 1 aromatic carbocycles. The number of benzene rings is 1. The Hall–Kier alpha value is -2.14. The molecule has 5 heteroatoms. The van der Waals surface area contributed by atoms with Gasteiger partial charge in [-0.2, -0.15) is 0 Å². The molecular formula is C17H22N2O3. The highest BCUT2D eigenvalue weighted by molar-refractivity contribution is 6.05. The molecule has 0 fully saturated rings. The number of carbonyl (C=O) groups is 1. The molecule has 0 aliphatic rings. The van der Waals surface area contributed by atoms with Gasteiger partial charge in [0.25, 0.3) is 5.91 Å². The molecule has 1 unspecified atom stereocenters. The number of ether oxygens (including phenoxy) is 2. The number of aromatic nitrogens is 1. The van der Waals surface area contributed by atoms with Crippen LogP contribution in [0.2, 0.25) is 0 Å². The smallest absolute Gasteiger partial charge is 0.256 e. The van der Waals surface area contributed by atoms with Crippen LogP contribution in [-0.2, 0) is 9.53 Å². The number of nitrogens with one attached hydrogen (secondary N) is 1.